The van der Waals surface area contributed by atoms with E-state index in [1.807, 2.05) is 0 Å². The lowest BCUT2D eigenvalue weighted by molar-refractivity contribution is -0.0595. The van der Waals surface area contributed by atoms with Gasteiger partial charge < -0.3 is 14.2 Å². The summed E-state index contributed by atoms with van der Waals surface area (Å²) in [6, 6.07) is 2.83. The van der Waals surface area contributed by atoms with Gasteiger partial charge in [-0.1, -0.05) is 13.3 Å². The van der Waals surface area contributed by atoms with Crippen LogP contribution in [0.1, 0.15) is 51.9 Å². The molecule has 0 amide bonds. The quantitative estimate of drug-likeness (QED) is 0.676. The average Bonchev–Trinajstić information content (AvgIpc) is 2.70. The van der Waals surface area contributed by atoms with Crippen molar-refractivity contribution >= 4 is 0 Å². The van der Waals surface area contributed by atoms with Gasteiger partial charge in [0.1, 0.15) is 0 Å². The van der Waals surface area contributed by atoms with Crippen molar-refractivity contribution in [3.8, 4) is 11.5 Å². The lowest BCUT2D eigenvalue weighted by Crippen LogP contribution is -2.34. The minimum atomic E-state index is -0.992. The van der Waals surface area contributed by atoms with Crippen LogP contribution in [0.2, 0.25) is 0 Å². The number of rotatable bonds is 6. The van der Waals surface area contributed by atoms with Crippen molar-refractivity contribution in [3.05, 3.63) is 23.8 Å². The van der Waals surface area contributed by atoms with Gasteiger partial charge in [-0.05, 0) is 68.4 Å². The van der Waals surface area contributed by atoms with Crippen LogP contribution in [0.5, 0.6) is 11.5 Å². The fraction of sp³-hybridized carbons (Fsp3) is 0.714. The number of hydrogen-bond donors (Lipinski definition) is 0. The zero-order valence-electron chi connectivity index (χ0n) is 15.8. The zero-order chi connectivity index (χ0) is 18.5. The van der Waals surface area contributed by atoms with Gasteiger partial charge in [0.25, 0.3) is 0 Å². The third kappa shape index (κ3) is 4.48. The first-order valence-electron chi connectivity index (χ1n) is 9.88. The first-order chi connectivity index (χ1) is 12.6. The van der Waals surface area contributed by atoms with Gasteiger partial charge in [-0.2, -0.15) is 8.78 Å². The molecule has 1 aromatic carbocycles. The van der Waals surface area contributed by atoms with Crippen molar-refractivity contribution in [1.82, 2.24) is 0 Å². The van der Waals surface area contributed by atoms with E-state index >= 15 is 0 Å². The molecule has 2 fully saturated rings. The summed E-state index contributed by atoms with van der Waals surface area (Å²) in [5.41, 5.74) is 0. The molecule has 1 aliphatic carbocycles. The normalized spacial score (nSPS) is 29.4. The largest absolute Gasteiger partial charge is 0.494 e. The molecule has 0 aromatic heterocycles. The minimum absolute atomic E-state index is 0.0355. The van der Waals surface area contributed by atoms with E-state index in [0.717, 1.165) is 38.2 Å². The maximum Gasteiger partial charge on any atom is 0.204 e. The van der Waals surface area contributed by atoms with Crippen molar-refractivity contribution < 1.29 is 23.0 Å². The fourth-order valence-electron chi connectivity index (χ4n) is 4.24. The van der Waals surface area contributed by atoms with E-state index in [4.69, 9.17) is 14.2 Å². The molecule has 0 spiro atoms. The maximum absolute atomic E-state index is 14.0. The van der Waals surface area contributed by atoms with E-state index in [-0.39, 0.29) is 11.5 Å². The summed E-state index contributed by atoms with van der Waals surface area (Å²) in [6.45, 7) is 3.57. The van der Waals surface area contributed by atoms with Crippen molar-refractivity contribution in [2.75, 3.05) is 20.3 Å². The lowest BCUT2D eigenvalue weighted by atomic mass is 9.77. The topological polar surface area (TPSA) is 27.7 Å². The lowest BCUT2D eigenvalue weighted by Gasteiger charge is -2.37. The van der Waals surface area contributed by atoms with E-state index in [2.05, 4.69) is 6.92 Å². The molecule has 0 N–H and O–H groups in total. The van der Waals surface area contributed by atoms with Crippen LogP contribution in [-0.4, -0.2) is 26.4 Å². The molecular weight excluding hydrogens is 338 g/mol. The van der Waals surface area contributed by atoms with Gasteiger partial charge in [0.15, 0.2) is 11.5 Å². The molecule has 2 unspecified atom stereocenters. The predicted molar refractivity (Wildman–Crippen MR) is 96.6 cm³/mol. The fourth-order valence-corrected chi connectivity index (χ4v) is 4.24. The molecule has 2 aliphatic rings. The molecule has 1 aromatic rings. The Labute approximate surface area is 155 Å². The van der Waals surface area contributed by atoms with Crippen LogP contribution < -0.4 is 9.47 Å². The molecule has 1 saturated carbocycles. The number of halogens is 2. The molecule has 3 nitrogen and oxygen atoms in total. The maximum atomic E-state index is 14.0. The number of hydrogen-bond acceptors (Lipinski definition) is 3. The van der Waals surface area contributed by atoms with Gasteiger partial charge >= 0.3 is 0 Å². The van der Waals surface area contributed by atoms with Crippen molar-refractivity contribution in [3.63, 3.8) is 0 Å². The summed E-state index contributed by atoms with van der Waals surface area (Å²) in [6.07, 6.45) is 8.47. The van der Waals surface area contributed by atoms with Crippen LogP contribution >= 0.6 is 0 Å². The molecule has 5 heteroatoms. The van der Waals surface area contributed by atoms with Crippen LogP contribution in [0.25, 0.3) is 0 Å². The van der Waals surface area contributed by atoms with Crippen LogP contribution in [-0.2, 0) is 4.74 Å². The molecule has 146 valence electrons. The van der Waals surface area contributed by atoms with E-state index in [1.165, 1.54) is 38.5 Å². The van der Waals surface area contributed by atoms with E-state index < -0.39 is 11.6 Å². The standard InChI is InChI=1S/C21H30F2O3/c1-3-14-6-9-17(25-12-14)16-7-4-15(5-8-16)13-26-19-11-10-18(24-2)20(22)21(19)23/h10-11,14-17H,3-9,12-13H2,1-2H3. The van der Waals surface area contributed by atoms with Crippen LogP contribution in [0.3, 0.4) is 0 Å². The average molecular weight is 368 g/mol. The number of ether oxygens (including phenoxy) is 3. The second-order valence-electron chi connectivity index (χ2n) is 7.71. The highest BCUT2D eigenvalue weighted by Gasteiger charge is 2.31. The monoisotopic (exact) mass is 368 g/mol. The Morgan fingerprint density at radius 2 is 1.62 bits per heavy atom. The molecule has 1 aliphatic heterocycles. The third-order valence-corrected chi connectivity index (χ3v) is 6.11. The Hall–Kier alpha value is -1.36. The van der Waals surface area contributed by atoms with E-state index in [9.17, 15) is 8.78 Å². The molecule has 2 atom stereocenters. The van der Waals surface area contributed by atoms with Gasteiger partial charge in [0.2, 0.25) is 11.6 Å². The van der Waals surface area contributed by atoms with Crippen LogP contribution in [0.4, 0.5) is 8.78 Å². The SMILES string of the molecule is CCC1CCC(C2CCC(COc3ccc(OC)c(F)c3F)CC2)OC1. The Kier molecular flexibility index (Phi) is 6.74. The Balaban J connectivity index is 1.44. The summed E-state index contributed by atoms with van der Waals surface area (Å²) in [5.74, 6) is -0.342. The summed E-state index contributed by atoms with van der Waals surface area (Å²) in [7, 11) is 1.31. The third-order valence-electron chi connectivity index (χ3n) is 6.11. The molecule has 1 heterocycles. The first kappa shape index (κ1) is 19.4. The molecule has 1 saturated heterocycles. The van der Waals surface area contributed by atoms with Gasteiger partial charge in [-0.25, -0.2) is 0 Å². The molecular formula is C21H30F2O3. The van der Waals surface area contributed by atoms with Crippen molar-refractivity contribution in [1.29, 1.82) is 0 Å². The van der Waals surface area contributed by atoms with Gasteiger partial charge in [-0.15, -0.1) is 0 Å². The summed E-state index contributed by atoms with van der Waals surface area (Å²) >= 11 is 0. The van der Waals surface area contributed by atoms with Gasteiger partial charge in [0, 0.05) is 6.61 Å². The molecule has 26 heavy (non-hydrogen) atoms. The highest BCUT2D eigenvalue weighted by Crippen LogP contribution is 2.37. The second kappa shape index (κ2) is 9.03. The number of methoxy groups -OCH3 is 1. The van der Waals surface area contributed by atoms with Crippen LogP contribution in [0, 0.1) is 29.4 Å². The summed E-state index contributed by atoms with van der Waals surface area (Å²) in [5, 5.41) is 0. The van der Waals surface area contributed by atoms with Gasteiger partial charge in [0.05, 0.1) is 19.8 Å². The summed E-state index contributed by atoms with van der Waals surface area (Å²) in [4.78, 5) is 0. The minimum Gasteiger partial charge on any atom is -0.494 e. The first-order valence-corrected chi connectivity index (χ1v) is 9.88. The van der Waals surface area contributed by atoms with Gasteiger partial charge in [-0.3, -0.25) is 0 Å². The van der Waals surface area contributed by atoms with E-state index in [0.29, 0.717) is 24.5 Å². The van der Waals surface area contributed by atoms with E-state index in [1.54, 1.807) is 0 Å². The highest BCUT2D eigenvalue weighted by molar-refractivity contribution is 5.34. The predicted octanol–water partition coefficient (Wildman–Crippen LogP) is 5.36. The van der Waals surface area contributed by atoms with Crippen molar-refractivity contribution in [2.45, 2.75) is 58.0 Å². The highest BCUT2D eigenvalue weighted by atomic mass is 19.2. The zero-order valence-corrected chi connectivity index (χ0v) is 15.8. The second-order valence-corrected chi connectivity index (χ2v) is 7.71. The molecule has 0 radical (unpaired) electrons. The molecule has 3 rings (SSSR count). The smallest absolute Gasteiger partial charge is 0.204 e. The molecule has 0 bridgehead atoms. The van der Waals surface area contributed by atoms with Crippen LogP contribution in [0.15, 0.2) is 12.1 Å². The Bertz CT molecular complexity index is 577. The number of benzene rings is 1. The Morgan fingerprint density at radius 1 is 0.962 bits per heavy atom. The van der Waals surface area contributed by atoms with Crippen molar-refractivity contribution in [2.24, 2.45) is 17.8 Å². The Morgan fingerprint density at radius 3 is 2.23 bits per heavy atom. The summed E-state index contributed by atoms with van der Waals surface area (Å²) < 4.78 is 44.2.